The molecule has 58 heavy (non-hydrogen) atoms. The van der Waals surface area contributed by atoms with Crippen LogP contribution in [0.25, 0.3) is 49.4 Å². The third-order valence-electron chi connectivity index (χ3n) is 13.0. The number of anilines is 1. The highest BCUT2D eigenvalue weighted by molar-refractivity contribution is 7.19. The Bertz CT molecular complexity index is 3140. The summed E-state index contributed by atoms with van der Waals surface area (Å²) in [7, 11) is -2.86. The van der Waals surface area contributed by atoms with Gasteiger partial charge in [0.2, 0.25) is 0 Å². The molecule has 0 amide bonds. The van der Waals surface area contributed by atoms with Gasteiger partial charge in [0.1, 0.15) is 11.2 Å². The molecule has 0 saturated carbocycles. The molecular weight excluding hydrogens is 721 g/mol. The Morgan fingerprint density at radius 2 is 1.19 bits per heavy atom. The molecule has 0 radical (unpaired) electrons. The van der Waals surface area contributed by atoms with Crippen LogP contribution >= 0.6 is 0 Å². The van der Waals surface area contributed by atoms with E-state index in [0.29, 0.717) is 5.92 Å². The predicted molar refractivity (Wildman–Crippen MR) is 245 cm³/mol. The second-order valence-electron chi connectivity index (χ2n) is 15.9. The van der Waals surface area contributed by atoms with E-state index >= 15 is 0 Å². The number of allylic oxidation sites excluding steroid dienone is 4. The highest BCUT2D eigenvalue weighted by atomic mass is 28.3. The quantitative estimate of drug-likeness (QED) is 0.124. The molecular formula is C54H40N2OSi. The van der Waals surface area contributed by atoms with Crippen LogP contribution in [-0.4, -0.2) is 18.7 Å². The number of hydrogen-bond donors (Lipinski definition) is 0. The highest BCUT2D eigenvalue weighted by Crippen LogP contribution is 2.45. The Kier molecular flexibility index (Phi) is 7.51. The minimum atomic E-state index is -2.86. The molecule has 1 aliphatic heterocycles. The van der Waals surface area contributed by atoms with E-state index in [0.717, 1.165) is 40.5 Å². The number of fused-ring (bicyclic) bond motifs is 8. The van der Waals surface area contributed by atoms with Crippen molar-refractivity contribution < 1.29 is 4.42 Å². The number of hydrogen-bond acceptors (Lipinski definition) is 2. The average Bonchev–Trinajstić information content (AvgIpc) is 3.94. The minimum Gasteiger partial charge on any atom is -0.456 e. The molecule has 0 spiro atoms. The lowest BCUT2D eigenvalue weighted by Gasteiger charge is -2.36. The number of nitrogens with zero attached hydrogens (tertiary/aromatic N) is 2. The predicted octanol–water partition coefficient (Wildman–Crippen LogP) is 10.6. The summed E-state index contributed by atoms with van der Waals surface area (Å²) >= 11 is 0. The van der Waals surface area contributed by atoms with Crippen molar-refractivity contribution in [2.24, 2.45) is 5.92 Å². The normalized spacial score (nSPS) is 17.6. The van der Waals surface area contributed by atoms with E-state index < -0.39 is 8.07 Å². The van der Waals surface area contributed by atoms with Crippen LogP contribution in [0.1, 0.15) is 12.8 Å². The Balaban J connectivity index is 1.07. The fourth-order valence-electron chi connectivity index (χ4n) is 10.5. The second-order valence-corrected chi connectivity index (χ2v) is 19.7. The summed E-state index contributed by atoms with van der Waals surface area (Å²) in [6.45, 7) is 0. The van der Waals surface area contributed by atoms with Crippen molar-refractivity contribution in [2.45, 2.75) is 18.9 Å². The van der Waals surface area contributed by atoms with Crippen LogP contribution < -0.4 is 25.6 Å². The van der Waals surface area contributed by atoms with Gasteiger partial charge in [0.05, 0.1) is 17.1 Å². The van der Waals surface area contributed by atoms with Crippen LogP contribution in [0.2, 0.25) is 0 Å². The van der Waals surface area contributed by atoms with Gasteiger partial charge in [-0.3, -0.25) is 0 Å². The van der Waals surface area contributed by atoms with Gasteiger partial charge in [-0.05, 0) is 93.8 Å². The molecule has 2 atom stereocenters. The van der Waals surface area contributed by atoms with E-state index in [1.165, 1.54) is 53.9 Å². The summed E-state index contributed by atoms with van der Waals surface area (Å²) in [5.74, 6) is 0.413. The van der Waals surface area contributed by atoms with Crippen molar-refractivity contribution in [3.63, 3.8) is 0 Å². The lowest BCUT2D eigenvalue weighted by atomic mass is 9.87. The molecule has 0 fully saturated rings. The first-order chi connectivity index (χ1) is 28.8. The van der Waals surface area contributed by atoms with Gasteiger partial charge >= 0.3 is 0 Å². The number of furan rings is 1. The molecule has 9 aromatic rings. The average molecular weight is 761 g/mol. The van der Waals surface area contributed by atoms with Crippen LogP contribution in [0.4, 0.5) is 5.69 Å². The third kappa shape index (κ3) is 4.85. The van der Waals surface area contributed by atoms with Gasteiger partial charge in [-0.15, -0.1) is 0 Å². The minimum absolute atomic E-state index is 0.282. The third-order valence-corrected chi connectivity index (χ3v) is 17.7. The van der Waals surface area contributed by atoms with Gasteiger partial charge in [-0.25, -0.2) is 0 Å². The monoisotopic (exact) mass is 760 g/mol. The van der Waals surface area contributed by atoms with E-state index in [9.17, 15) is 0 Å². The lowest BCUT2D eigenvalue weighted by Crippen LogP contribution is -2.74. The van der Waals surface area contributed by atoms with Crippen molar-refractivity contribution in [2.75, 3.05) is 4.90 Å². The zero-order chi connectivity index (χ0) is 38.2. The van der Waals surface area contributed by atoms with E-state index in [4.69, 9.17) is 4.42 Å². The first-order valence-electron chi connectivity index (χ1n) is 20.5. The highest BCUT2D eigenvalue weighted by Gasteiger charge is 2.43. The van der Waals surface area contributed by atoms with Gasteiger partial charge in [-0.2, -0.15) is 0 Å². The van der Waals surface area contributed by atoms with E-state index in [2.05, 4.69) is 210 Å². The van der Waals surface area contributed by atoms with Crippen LogP contribution in [0.3, 0.4) is 0 Å². The van der Waals surface area contributed by atoms with E-state index in [1.54, 1.807) is 5.57 Å². The molecule has 0 N–H and O–H groups in total. The lowest BCUT2D eigenvalue weighted by molar-refractivity contribution is 0.658. The Morgan fingerprint density at radius 3 is 2.00 bits per heavy atom. The largest absolute Gasteiger partial charge is 0.456 e. The number of rotatable bonds is 6. The van der Waals surface area contributed by atoms with Crippen LogP contribution in [0, 0.1) is 5.92 Å². The smallest absolute Gasteiger partial charge is 0.179 e. The standard InChI is InChI=1S/C54H40N2OSi/c1-3-17-39(18-4-1)58(40-19-5-2-6-20-40,42-21-15-16-38(34-42)56-49-26-11-7-22-43(49)44-23-8-12-27-50(44)56)41-32-30-37(31-33-41)55-51-28-13-9-24-45(51)47-36-54-48(35-52(47)55)46-25-10-14-29-53(46)57-54/h1-7,9-22,24-36,43,49H,8,23H2. The summed E-state index contributed by atoms with van der Waals surface area (Å²) in [4.78, 5) is 2.61. The molecule has 2 unspecified atom stereocenters. The number of benzene rings is 7. The van der Waals surface area contributed by atoms with Crippen molar-refractivity contribution in [1.29, 1.82) is 0 Å². The van der Waals surface area contributed by atoms with Crippen molar-refractivity contribution >= 4 is 78.3 Å². The molecule has 3 aliphatic rings. The zero-order valence-corrected chi connectivity index (χ0v) is 33.0. The van der Waals surface area contributed by atoms with E-state index in [1.807, 2.05) is 6.07 Å². The summed E-state index contributed by atoms with van der Waals surface area (Å²) in [5.41, 5.74) is 9.54. The molecule has 2 aromatic heterocycles. The van der Waals surface area contributed by atoms with Crippen molar-refractivity contribution in [3.8, 4) is 5.69 Å². The Morgan fingerprint density at radius 1 is 0.500 bits per heavy atom. The second kappa shape index (κ2) is 13.1. The zero-order valence-electron chi connectivity index (χ0n) is 32.0. The maximum Gasteiger partial charge on any atom is 0.179 e. The summed E-state index contributed by atoms with van der Waals surface area (Å²) in [6, 6.07) is 63.6. The van der Waals surface area contributed by atoms with Gasteiger partial charge < -0.3 is 13.9 Å². The van der Waals surface area contributed by atoms with Gasteiger partial charge in [0.25, 0.3) is 0 Å². The van der Waals surface area contributed by atoms with Gasteiger partial charge in [-0.1, -0.05) is 152 Å². The topological polar surface area (TPSA) is 21.3 Å². The van der Waals surface area contributed by atoms with Gasteiger partial charge in [0, 0.05) is 44.5 Å². The molecule has 0 saturated heterocycles. The van der Waals surface area contributed by atoms with Crippen LogP contribution in [-0.2, 0) is 0 Å². The fourth-order valence-corrected chi connectivity index (χ4v) is 15.2. The molecule has 0 bridgehead atoms. The number of para-hydroxylation sites is 2. The first-order valence-corrected chi connectivity index (χ1v) is 22.5. The molecule has 3 heterocycles. The van der Waals surface area contributed by atoms with Crippen molar-refractivity contribution in [3.05, 3.63) is 218 Å². The molecule has 3 nitrogen and oxygen atoms in total. The van der Waals surface area contributed by atoms with Gasteiger partial charge in [0.15, 0.2) is 8.07 Å². The summed E-state index contributed by atoms with van der Waals surface area (Å²) in [5, 5.41) is 10.2. The summed E-state index contributed by atoms with van der Waals surface area (Å²) in [6.07, 6.45) is 16.2. The Hall–Kier alpha value is -6.88. The molecule has 2 aliphatic carbocycles. The fraction of sp³-hybridized carbons (Fsp3) is 0.0741. The first kappa shape index (κ1) is 33.3. The number of aromatic nitrogens is 1. The Labute approximate surface area is 338 Å². The SMILES string of the molecule is C1=CC2C3=C(C=CCC3)N(c3cccc([Si](c4ccccc4)(c4ccccc4)c4ccc(-n5c6ccccc6c6cc7oc8ccccc8c7cc65)cc4)c3)C2C=C1. The van der Waals surface area contributed by atoms with E-state index in [-0.39, 0.29) is 6.04 Å². The molecule has 12 rings (SSSR count). The molecule has 4 heteroatoms. The maximum atomic E-state index is 6.38. The van der Waals surface area contributed by atoms with Crippen LogP contribution in [0.5, 0.6) is 0 Å². The molecule has 7 aromatic carbocycles. The maximum absolute atomic E-state index is 6.38. The molecule has 276 valence electrons. The summed E-state index contributed by atoms with van der Waals surface area (Å²) < 4.78 is 8.81. The van der Waals surface area contributed by atoms with Crippen LogP contribution in [0.15, 0.2) is 222 Å². The van der Waals surface area contributed by atoms with Crippen molar-refractivity contribution in [1.82, 2.24) is 4.57 Å².